The van der Waals surface area contributed by atoms with E-state index in [1.165, 1.54) is 72.7 Å². The fraction of sp³-hybridized carbons (Fsp3) is 0.172. The van der Waals surface area contributed by atoms with Gasteiger partial charge in [-0.05, 0) is 168 Å². The minimum Gasteiger partial charge on any atom is -0.338 e. The molecule has 10 rings (SSSR count). The highest BCUT2D eigenvalue weighted by Crippen LogP contribution is 2.54. The maximum atomic E-state index is 2.62. The summed E-state index contributed by atoms with van der Waals surface area (Å²) in [4.78, 5) is 5.04. The molecule has 0 aliphatic heterocycles. The normalized spacial score (nSPS) is 19.1. The van der Waals surface area contributed by atoms with Gasteiger partial charge in [0.15, 0.2) is 0 Å². The average Bonchev–Trinajstić information content (AvgIpc) is 3.30. The van der Waals surface area contributed by atoms with E-state index < -0.39 is 0 Å². The summed E-state index contributed by atoms with van der Waals surface area (Å²) in [6.45, 7) is 4.38. The number of benzene rings is 6. The van der Waals surface area contributed by atoms with Gasteiger partial charge in [0.05, 0.1) is 6.04 Å². The first-order chi connectivity index (χ1) is 29.6. The van der Waals surface area contributed by atoms with Crippen molar-refractivity contribution < 1.29 is 0 Å². The van der Waals surface area contributed by atoms with Crippen LogP contribution >= 0.6 is 0 Å². The Morgan fingerprint density at radius 1 is 0.667 bits per heavy atom. The van der Waals surface area contributed by atoms with E-state index in [1.54, 1.807) is 0 Å². The Hall–Kier alpha value is -6.64. The summed E-state index contributed by atoms with van der Waals surface area (Å²) in [6, 6.07) is 54.8. The Morgan fingerprint density at radius 2 is 1.42 bits per heavy atom. The number of hydrogen-bond donors (Lipinski definition) is 0. The molecule has 0 aromatic heterocycles. The van der Waals surface area contributed by atoms with Gasteiger partial charge in [0.2, 0.25) is 0 Å². The zero-order valence-electron chi connectivity index (χ0n) is 34.7. The molecule has 2 heteroatoms. The molecule has 0 heterocycles. The predicted octanol–water partition coefficient (Wildman–Crippen LogP) is 15.1. The standard InChI is InChI=1S/C58H52N2/c1-3-18-42-29-31-45(37-41(42)2)57-53-35-33-52(60(49-25-12-6-13-26-49)50-27-14-7-15-28-50)40-56(53)58(46-32-30-43-19-16-17-20-44(43)38-46)54-36-34-51(39-55(54)57)59(47-21-8-4-9-22-47)48-23-10-5-11-24-48/h3-15,17-18,20-27,29-32,34,36-40,50,53,57H,16,19,28,33,35H2,1-2H3/b18-3-. The van der Waals surface area contributed by atoms with Gasteiger partial charge in [0.1, 0.15) is 0 Å². The molecule has 0 fully saturated rings. The van der Waals surface area contributed by atoms with E-state index >= 15 is 0 Å². The first kappa shape index (κ1) is 37.6. The molecule has 4 aliphatic carbocycles. The molecular weight excluding hydrogens is 725 g/mol. The first-order valence-corrected chi connectivity index (χ1v) is 21.8. The van der Waals surface area contributed by atoms with Gasteiger partial charge < -0.3 is 9.80 Å². The first-order valence-electron chi connectivity index (χ1n) is 21.8. The molecule has 60 heavy (non-hydrogen) atoms. The van der Waals surface area contributed by atoms with Crippen molar-refractivity contribution in [3.8, 4) is 0 Å². The van der Waals surface area contributed by atoms with Gasteiger partial charge >= 0.3 is 0 Å². The van der Waals surface area contributed by atoms with E-state index in [-0.39, 0.29) is 17.9 Å². The molecule has 4 aliphatic rings. The van der Waals surface area contributed by atoms with E-state index in [0.29, 0.717) is 0 Å². The van der Waals surface area contributed by atoms with Crippen molar-refractivity contribution in [2.24, 2.45) is 5.92 Å². The quantitative estimate of drug-likeness (QED) is 0.144. The van der Waals surface area contributed by atoms with Crippen molar-refractivity contribution in [1.29, 1.82) is 0 Å². The molecule has 3 atom stereocenters. The zero-order valence-corrected chi connectivity index (χ0v) is 34.7. The molecule has 6 aromatic carbocycles. The second-order valence-electron chi connectivity index (χ2n) is 16.7. The third-order valence-electron chi connectivity index (χ3n) is 13.0. The van der Waals surface area contributed by atoms with Crippen LogP contribution in [0.2, 0.25) is 0 Å². The maximum Gasteiger partial charge on any atom is 0.0556 e. The molecule has 0 bridgehead atoms. The third-order valence-corrected chi connectivity index (χ3v) is 13.0. The molecule has 0 N–H and O–H groups in total. The van der Waals surface area contributed by atoms with Gasteiger partial charge in [-0.2, -0.15) is 0 Å². The van der Waals surface area contributed by atoms with E-state index in [2.05, 4.69) is 224 Å². The van der Waals surface area contributed by atoms with Crippen molar-refractivity contribution in [3.05, 3.63) is 244 Å². The maximum absolute atomic E-state index is 2.62. The highest BCUT2D eigenvalue weighted by Gasteiger charge is 2.40. The monoisotopic (exact) mass is 776 g/mol. The Bertz CT molecular complexity index is 2670. The highest BCUT2D eigenvalue weighted by atomic mass is 15.2. The molecule has 2 nitrogen and oxygen atoms in total. The molecule has 0 saturated carbocycles. The lowest BCUT2D eigenvalue weighted by Crippen LogP contribution is -2.36. The predicted molar refractivity (Wildman–Crippen MR) is 255 cm³/mol. The summed E-state index contributed by atoms with van der Waals surface area (Å²) < 4.78 is 0. The van der Waals surface area contributed by atoms with Crippen LogP contribution in [0.4, 0.5) is 22.7 Å². The number of nitrogens with zero attached hydrogens (tertiary/aromatic N) is 2. The van der Waals surface area contributed by atoms with E-state index in [4.69, 9.17) is 0 Å². The summed E-state index contributed by atoms with van der Waals surface area (Å²) in [6.07, 6.45) is 26.0. The van der Waals surface area contributed by atoms with Crippen LogP contribution in [0.25, 0.3) is 17.7 Å². The second-order valence-corrected chi connectivity index (χ2v) is 16.7. The number of aryl methyl sites for hydroxylation is 2. The van der Waals surface area contributed by atoms with Crippen LogP contribution in [0, 0.1) is 12.8 Å². The Kier molecular flexibility index (Phi) is 10.4. The molecule has 0 saturated heterocycles. The molecule has 0 spiro atoms. The largest absolute Gasteiger partial charge is 0.338 e. The van der Waals surface area contributed by atoms with Gasteiger partial charge in [0, 0.05) is 34.4 Å². The molecule has 6 aromatic rings. The minimum absolute atomic E-state index is 0.170. The smallest absolute Gasteiger partial charge is 0.0556 e. The van der Waals surface area contributed by atoms with Crippen LogP contribution in [-0.2, 0) is 6.42 Å². The van der Waals surface area contributed by atoms with Crippen molar-refractivity contribution in [2.75, 3.05) is 9.80 Å². The second kappa shape index (κ2) is 16.5. The van der Waals surface area contributed by atoms with Gasteiger partial charge in [-0.1, -0.05) is 140 Å². The van der Waals surface area contributed by atoms with E-state index in [9.17, 15) is 0 Å². The van der Waals surface area contributed by atoms with Crippen LogP contribution < -0.4 is 9.80 Å². The number of fused-ring (bicyclic) bond motifs is 3. The molecule has 0 radical (unpaired) electrons. The third kappa shape index (κ3) is 7.11. The molecule has 0 amide bonds. The number of para-hydroxylation sites is 3. The lowest BCUT2D eigenvalue weighted by atomic mass is 9.64. The lowest BCUT2D eigenvalue weighted by Gasteiger charge is -2.43. The molecule has 3 unspecified atom stereocenters. The number of allylic oxidation sites excluding steroid dienone is 7. The fourth-order valence-corrected chi connectivity index (χ4v) is 10.3. The van der Waals surface area contributed by atoms with Crippen molar-refractivity contribution in [3.63, 3.8) is 0 Å². The Morgan fingerprint density at radius 3 is 2.12 bits per heavy atom. The Balaban J connectivity index is 1.24. The SMILES string of the molecule is C/C=C\c1ccc(C2c3cc(N(c4ccccc4)c4ccccc4)ccc3C(c3ccc4c(c3)C=CCC4)=C3C=C(N(c4ccccc4)C4C=CC=CC4)CCC32)cc1C. The summed E-state index contributed by atoms with van der Waals surface area (Å²) in [5.41, 5.74) is 19.8. The van der Waals surface area contributed by atoms with E-state index in [1.807, 2.05) is 0 Å². The Labute approximate surface area is 356 Å². The summed E-state index contributed by atoms with van der Waals surface area (Å²) >= 11 is 0. The molecular formula is C58H52N2. The van der Waals surface area contributed by atoms with Crippen LogP contribution in [0.3, 0.4) is 0 Å². The van der Waals surface area contributed by atoms with Crippen LogP contribution in [0.15, 0.2) is 199 Å². The highest BCUT2D eigenvalue weighted by molar-refractivity contribution is 5.91. The summed E-state index contributed by atoms with van der Waals surface area (Å²) in [5, 5.41) is 0. The van der Waals surface area contributed by atoms with E-state index in [0.717, 1.165) is 43.5 Å². The number of anilines is 4. The van der Waals surface area contributed by atoms with Crippen molar-refractivity contribution in [1.82, 2.24) is 0 Å². The van der Waals surface area contributed by atoms with Crippen LogP contribution in [-0.4, -0.2) is 6.04 Å². The summed E-state index contributed by atoms with van der Waals surface area (Å²) in [7, 11) is 0. The van der Waals surface area contributed by atoms with Gasteiger partial charge in [-0.25, -0.2) is 0 Å². The summed E-state index contributed by atoms with van der Waals surface area (Å²) in [5.74, 6) is 0.454. The molecule has 294 valence electrons. The van der Waals surface area contributed by atoms with Crippen molar-refractivity contribution >= 4 is 40.5 Å². The van der Waals surface area contributed by atoms with Gasteiger partial charge in [-0.15, -0.1) is 0 Å². The topological polar surface area (TPSA) is 6.48 Å². The lowest BCUT2D eigenvalue weighted by molar-refractivity contribution is 0.480. The number of rotatable bonds is 9. The fourth-order valence-electron chi connectivity index (χ4n) is 10.3. The number of hydrogen-bond acceptors (Lipinski definition) is 2. The minimum atomic E-state index is 0.170. The van der Waals surface area contributed by atoms with Crippen LogP contribution in [0.5, 0.6) is 0 Å². The van der Waals surface area contributed by atoms with Gasteiger partial charge in [0.25, 0.3) is 0 Å². The zero-order chi connectivity index (χ0) is 40.4. The van der Waals surface area contributed by atoms with Gasteiger partial charge in [-0.3, -0.25) is 0 Å². The average molecular weight is 777 g/mol. The van der Waals surface area contributed by atoms with Crippen LogP contribution in [0.1, 0.15) is 83.0 Å². The van der Waals surface area contributed by atoms with Crippen molar-refractivity contribution in [2.45, 2.75) is 57.9 Å².